The van der Waals surface area contributed by atoms with Crippen LogP contribution < -0.4 is 11.1 Å². The van der Waals surface area contributed by atoms with Crippen LogP contribution in [0.25, 0.3) is 17.0 Å². The molecule has 6 nitrogen and oxygen atoms in total. The molecule has 2 aromatic carbocycles. The monoisotopic (exact) mass is 568 g/mol. The van der Waals surface area contributed by atoms with E-state index in [0.717, 1.165) is 42.1 Å². The average Bonchev–Trinajstić information content (AvgIpc) is 3.25. The van der Waals surface area contributed by atoms with Gasteiger partial charge in [0.25, 0.3) is 0 Å². The van der Waals surface area contributed by atoms with E-state index in [0.29, 0.717) is 25.1 Å². The summed E-state index contributed by atoms with van der Waals surface area (Å²) in [5.74, 6) is -2.20. The fourth-order valence-corrected chi connectivity index (χ4v) is 5.68. The number of fused-ring (bicyclic) bond motifs is 3. The lowest BCUT2D eigenvalue weighted by Gasteiger charge is -2.43. The van der Waals surface area contributed by atoms with E-state index in [1.165, 1.54) is 38.1 Å². The van der Waals surface area contributed by atoms with E-state index in [2.05, 4.69) is 10.3 Å². The Bertz CT molecular complexity index is 1400. The number of nitrogens with one attached hydrogen (secondary N) is 2. The van der Waals surface area contributed by atoms with Crippen LogP contribution in [0.4, 0.5) is 13.2 Å². The topological polar surface area (TPSA) is 91.2 Å². The van der Waals surface area contributed by atoms with Crippen molar-refractivity contribution in [3.8, 4) is 0 Å². The van der Waals surface area contributed by atoms with Gasteiger partial charge in [-0.3, -0.25) is 14.5 Å². The highest BCUT2D eigenvalue weighted by molar-refractivity contribution is 5.91. The van der Waals surface area contributed by atoms with Crippen molar-refractivity contribution in [2.45, 2.75) is 77.0 Å². The number of hydrogen-bond donors (Lipinski definition) is 3. The number of rotatable bonds is 12. The van der Waals surface area contributed by atoms with Crippen molar-refractivity contribution < 1.29 is 22.8 Å². The van der Waals surface area contributed by atoms with Crippen molar-refractivity contribution in [3.63, 3.8) is 0 Å². The normalized spacial score (nSPS) is 17.7. The number of benzene rings is 2. The predicted molar refractivity (Wildman–Crippen MR) is 156 cm³/mol. The molecule has 0 saturated carbocycles. The number of unbranched alkanes of at least 4 members (excludes halogenated alkanes) is 3. The molecule has 3 aromatic rings. The smallest absolute Gasteiger partial charge is 0.243 e. The fraction of sp³-hybridized carbons (Fsp3) is 0.438. The number of carbonyl (C=O) groups excluding carboxylic acids is 2. The van der Waals surface area contributed by atoms with Crippen LogP contribution in [0.5, 0.6) is 0 Å². The lowest BCUT2D eigenvalue weighted by atomic mass is 9.87. The van der Waals surface area contributed by atoms with E-state index in [-0.39, 0.29) is 35.5 Å². The maximum atomic E-state index is 15.8. The Morgan fingerprint density at radius 3 is 2.49 bits per heavy atom. The Morgan fingerprint density at radius 1 is 1.12 bits per heavy atom. The Hall–Kier alpha value is -3.59. The van der Waals surface area contributed by atoms with Gasteiger partial charge in [0, 0.05) is 53.8 Å². The van der Waals surface area contributed by atoms with Gasteiger partial charge in [0.05, 0.1) is 6.04 Å². The molecule has 1 aromatic heterocycles. The number of alkyl halides is 1. The molecule has 0 unspecified atom stereocenters. The lowest BCUT2D eigenvalue weighted by Crippen LogP contribution is -2.48. The maximum absolute atomic E-state index is 15.8. The molecule has 9 heteroatoms. The third-order valence-electron chi connectivity index (χ3n) is 7.53. The predicted octanol–water partition coefficient (Wildman–Crippen LogP) is 6.10. The molecule has 0 saturated heterocycles. The van der Waals surface area contributed by atoms with Crippen LogP contribution in [0.2, 0.25) is 0 Å². The first-order chi connectivity index (χ1) is 19.4. The SMILES string of the molecule is C[C@@H]1Cc2c([nH]c3ccccc23)[C@@H](c2c(F)cc(/C=C/C(=O)NCCCCCCC(N)=O)cc2F)N1CC(C)(C)F. The number of amides is 2. The highest BCUT2D eigenvalue weighted by Gasteiger charge is 2.40. The van der Waals surface area contributed by atoms with Crippen molar-refractivity contribution in [1.29, 1.82) is 0 Å². The van der Waals surface area contributed by atoms with Crippen LogP contribution in [-0.2, 0) is 16.0 Å². The third-order valence-corrected chi connectivity index (χ3v) is 7.53. The van der Waals surface area contributed by atoms with Crippen molar-refractivity contribution in [2.24, 2.45) is 5.73 Å². The Morgan fingerprint density at radius 2 is 1.80 bits per heavy atom. The van der Waals surface area contributed by atoms with Crippen molar-refractivity contribution in [2.75, 3.05) is 13.1 Å². The third kappa shape index (κ3) is 7.58. The summed E-state index contributed by atoms with van der Waals surface area (Å²) >= 11 is 0. The van der Waals surface area contributed by atoms with Crippen LogP contribution >= 0.6 is 0 Å². The number of para-hydroxylation sites is 1. The van der Waals surface area contributed by atoms with Crippen LogP contribution in [0.1, 0.15) is 81.3 Å². The highest BCUT2D eigenvalue weighted by Crippen LogP contribution is 2.43. The van der Waals surface area contributed by atoms with Gasteiger partial charge in [-0.05, 0) is 75.4 Å². The maximum Gasteiger partial charge on any atom is 0.243 e. The molecular weight excluding hydrogens is 529 g/mol. The second-order valence-electron chi connectivity index (χ2n) is 11.6. The first-order valence-corrected chi connectivity index (χ1v) is 14.2. The van der Waals surface area contributed by atoms with E-state index in [9.17, 15) is 14.0 Å². The van der Waals surface area contributed by atoms with Gasteiger partial charge in [0.1, 0.15) is 17.3 Å². The van der Waals surface area contributed by atoms with E-state index in [4.69, 9.17) is 5.73 Å². The number of nitrogens with zero attached hydrogens (tertiary/aromatic N) is 1. The van der Waals surface area contributed by atoms with E-state index in [1.807, 2.05) is 36.1 Å². The molecule has 2 heterocycles. The highest BCUT2D eigenvalue weighted by atomic mass is 19.1. The molecule has 0 aliphatic carbocycles. The lowest BCUT2D eigenvalue weighted by molar-refractivity contribution is -0.118. The first kappa shape index (κ1) is 30.4. The Balaban J connectivity index is 1.54. The van der Waals surface area contributed by atoms with Gasteiger partial charge in [0.2, 0.25) is 11.8 Å². The largest absolute Gasteiger partial charge is 0.370 e. The number of carbonyl (C=O) groups is 2. The minimum Gasteiger partial charge on any atom is -0.370 e. The summed E-state index contributed by atoms with van der Waals surface area (Å²) < 4.78 is 46.5. The molecule has 4 N–H and O–H groups in total. The zero-order valence-corrected chi connectivity index (χ0v) is 23.9. The van der Waals surface area contributed by atoms with E-state index in [1.54, 1.807) is 0 Å². The van der Waals surface area contributed by atoms with E-state index >= 15 is 8.78 Å². The molecule has 2 amide bonds. The van der Waals surface area contributed by atoms with Crippen LogP contribution in [0.15, 0.2) is 42.5 Å². The summed E-state index contributed by atoms with van der Waals surface area (Å²) in [5.41, 5.74) is 6.13. The molecular formula is C32H39F3N4O2. The number of nitrogens with two attached hydrogens (primary N) is 1. The molecule has 1 aliphatic rings. The quantitative estimate of drug-likeness (QED) is 0.182. The zero-order valence-electron chi connectivity index (χ0n) is 23.9. The second-order valence-corrected chi connectivity index (χ2v) is 11.6. The standard InChI is InChI=1S/C32H39F3N4O2/c1-20-16-23-22-10-7-8-11-26(22)38-30(23)31(39(20)19-32(2,3)35)29-24(33)17-21(18-25(29)34)13-14-28(41)37-15-9-5-4-6-12-27(36)40/h7-8,10-11,13-14,17-18,20,31,38H,4-6,9,12,15-16,19H2,1-3H3,(H2,36,40)(H,37,41)/b14-13+/t20-,31-/m1/s1. The number of aromatic nitrogens is 1. The van der Waals surface area contributed by atoms with Gasteiger partial charge < -0.3 is 16.0 Å². The second kappa shape index (κ2) is 12.9. The summed E-state index contributed by atoms with van der Waals surface area (Å²) in [4.78, 5) is 28.2. The summed E-state index contributed by atoms with van der Waals surface area (Å²) in [7, 11) is 0. The van der Waals surface area contributed by atoms with Gasteiger partial charge in [-0.15, -0.1) is 0 Å². The molecule has 0 spiro atoms. The minimum atomic E-state index is -1.58. The summed E-state index contributed by atoms with van der Waals surface area (Å²) in [6.45, 7) is 5.34. The first-order valence-electron chi connectivity index (χ1n) is 14.2. The number of aromatic amines is 1. The van der Waals surface area contributed by atoms with Gasteiger partial charge >= 0.3 is 0 Å². The number of primary amides is 1. The molecule has 0 fully saturated rings. The molecule has 220 valence electrons. The zero-order chi connectivity index (χ0) is 29.7. The van der Waals surface area contributed by atoms with Crippen LogP contribution in [0, 0.1) is 11.6 Å². The van der Waals surface area contributed by atoms with Crippen molar-refractivity contribution >= 4 is 28.8 Å². The van der Waals surface area contributed by atoms with Gasteiger partial charge in [0.15, 0.2) is 0 Å². The van der Waals surface area contributed by atoms with Gasteiger partial charge in [-0.1, -0.05) is 31.0 Å². The number of H-pyrrole nitrogens is 1. The molecule has 4 rings (SSSR count). The summed E-state index contributed by atoms with van der Waals surface area (Å²) in [6, 6.07) is 9.15. The van der Waals surface area contributed by atoms with E-state index < -0.39 is 23.3 Å². The molecule has 41 heavy (non-hydrogen) atoms. The van der Waals surface area contributed by atoms with Gasteiger partial charge in [-0.2, -0.15) is 0 Å². The number of halogens is 3. The van der Waals surface area contributed by atoms with Gasteiger partial charge in [-0.25, -0.2) is 13.2 Å². The van der Waals surface area contributed by atoms with Crippen LogP contribution in [0.3, 0.4) is 0 Å². The average molecular weight is 569 g/mol. The molecule has 2 atom stereocenters. The summed E-state index contributed by atoms with van der Waals surface area (Å²) in [6.07, 6.45) is 6.77. The Kier molecular flexibility index (Phi) is 9.58. The minimum absolute atomic E-state index is 0.000508. The molecule has 1 aliphatic heterocycles. The Labute approximate surface area is 239 Å². The molecule has 0 bridgehead atoms. The van der Waals surface area contributed by atoms with Crippen LogP contribution in [-0.4, -0.2) is 46.5 Å². The molecule has 0 radical (unpaired) electrons. The van der Waals surface area contributed by atoms with Crippen molar-refractivity contribution in [3.05, 3.63) is 76.5 Å². The fourth-order valence-electron chi connectivity index (χ4n) is 5.68. The summed E-state index contributed by atoms with van der Waals surface area (Å²) in [5, 5.41) is 3.75. The number of hydrogen-bond acceptors (Lipinski definition) is 3. The van der Waals surface area contributed by atoms with Crippen molar-refractivity contribution in [1.82, 2.24) is 15.2 Å².